The Morgan fingerprint density at radius 3 is 2.61 bits per heavy atom. The first-order valence-corrected chi connectivity index (χ1v) is 7.72. The fourth-order valence-electron chi connectivity index (χ4n) is 1.73. The van der Waals surface area contributed by atoms with Gasteiger partial charge >= 0.3 is 0 Å². The number of thioether (sulfide) groups is 1. The lowest BCUT2D eigenvalue weighted by Gasteiger charge is -2.05. The van der Waals surface area contributed by atoms with Crippen molar-refractivity contribution in [2.75, 3.05) is 6.26 Å². The predicted octanol–water partition coefficient (Wildman–Crippen LogP) is 4.81. The van der Waals surface area contributed by atoms with Crippen molar-refractivity contribution in [1.29, 1.82) is 0 Å². The maximum absolute atomic E-state index is 11.6. The molecule has 2 aromatic rings. The van der Waals surface area contributed by atoms with Crippen LogP contribution in [0.1, 0.15) is 27.7 Å². The molecular weight excluding hydrogens is 260 g/mol. The molecule has 18 heavy (non-hydrogen) atoms. The van der Waals surface area contributed by atoms with Crippen LogP contribution in [0.25, 0.3) is 11.0 Å². The molecule has 2 rings (SSSR count). The minimum atomic E-state index is 0.105. The third-order valence-corrected chi connectivity index (χ3v) is 4.42. The predicted molar refractivity (Wildman–Crippen MR) is 82.2 cm³/mol. The summed E-state index contributed by atoms with van der Waals surface area (Å²) in [6, 6.07) is 11.9. The molecule has 1 nitrogen and oxygen atoms in total. The Bertz CT molecular complexity index is 568. The molecule has 1 heterocycles. The molecule has 0 aliphatic carbocycles. The summed E-state index contributed by atoms with van der Waals surface area (Å²) in [6.07, 6.45) is 4.15. The van der Waals surface area contributed by atoms with Crippen molar-refractivity contribution < 1.29 is 4.79 Å². The summed E-state index contributed by atoms with van der Waals surface area (Å²) in [6.45, 7) is 1.61. The molecule has 0 unspecified atom stereocenters. The molecule has 0 bridgehead atoms. The van der Waals surface area contributed by atoms with Gasteiger partial charge in [0, 0.05) is 15.3 Å². The quantitative estimate of drug-likeness (QED) is 0.744. The van der Waals surface area contributed by atoms with Crippen LogP contribution in [-0.2, 0) is 0 Å². The van der Waals surface area contributed by atoms with Gasteiger partial charge in [-0.25, -0.2) is 0 Å². The number of ketones is 1. The van der Waals surface area contributed by atoms with E-state index in [0.29, 0.717) is 0 Å². The summed E-state index contributed by atoms with van der Waals surface area (Å²) >= 11 is 3.42. The second-order valence-corrected chi connectivity index (χ2v) is 5.63. The third-order valence-electron chi connectivity index (χ3n) is 2.61. The minimum Gasteiger partial charge on any atom is -0.294 e. The number of Topliss-reactive ketones (excluding diaryl/α,β-unsaturated/α-hetero) is 1. The number of thiophene rings is 1. The number of hydrogen-bond donors (Lipinski definition) is 0. The van der Waals surface area contributed by atoms with Crippen LogP contribution < -0.4 is 0 Å². The standard InChI is InChI=1S/C15H14OS2/c1-11(16)13-7-4-3-6-12(13)10-15(17-2)14-8-5-9-18-14/h3-10H,1-2H3/b15-10-. The Labute approximate surface area is 116 Å². The van der Waals surface area contributed by atoms with E-state index in [1.165, 1.54) is 9.78 Å². The highest BCUT2D eigenvalue weighted by Crippen LogP contribution is 2.31. The molecule has 0 fully saturated rings. The fraction of sp³-hybridized carbons (Fsp3) is 0.133. The van der Waals surface area contributed by atoms with E-state index in [1.807, 2.05) is 30.3 Å². The van der Waals surface area contributed by atoms with E-state index in [9.17, 15) is 4.79 Å². The summed E-state index contributed by atoms with van der Waals surface area (Å²) in [4.78, 5) is 14.0. The van der Waals surface area contributed by atoms with E-state index in [2.05, 4.69) is 23.8 Å². The van der Waals surface area contributed by atoms with Crippen molar-refractivity contribution in [3.63, 3.8) is 0 Å². The average molecular weight is 274 g/mol. The largest absolute Gasteiger partial charge is 0.294 e. The molecule has 0 atom stereocenters. The Morgan fingerprint density at radius 2 is 2.00 bits per heavy atom. The molecular formula is C15H14OS2. The zero-order chi connectivity index (χ0) is 13.0. The molecule has 92 valence electrons. The molecule has 0 radical (unpaired) electrons. The van der Waals surface area contributed by atoms with Gasteiger partial charge in [-0.1, -0.05) is 30.3 Å². The van der Waals surface area contributed by atoms with Gasteiger partial charge in [-0.3, -0.25) is 4.79 Å². The van der Waals surface area contributed by atoms with Gasteiger partial charge in [0.05, 0.1) is 0 Å². The van der Waals surface area contributed by atoms with E-state index in [0.717, 1.165) is 11.1 Å². The number of benzene rings is 1. The Hall–Kier alpha value is -1.32. The van der Waals surface area contributed by atoms with Gasteiger partial charge in [-0.2, -0.15) is 0 Å². The smallest absolute Gasteiger partial charge is 0.160 e. The van der Waals surface area contributed by atoms with Crippen molar-refractivity contribution in [1.82, 2.24) is 0 Å². The second-order valence-electron chi connectivity index (χ2n) is 3.83. The minimum absolute atomic E-state index is 0.105. The molecule has 0 aliphatic heterocycles. The Morgan fingerprint density at radius 1 is 1.22 bits per heavy atom. The van der Waals surface area contributed by atoms with E-state index in [-0.39, 0.29) is 5.78 Å². The molecule has 0 N–H and O–H groups in total. The molecule has 3 heteroatoms. The van der Waals surface area contributed by atoms with Gasteiger partial charge in [0.15, 0.2) is 5.78 Å². The Kier molecular flexibility index (Phi) is 4.39. The van der Waals surface area contributed by atoms with Gasteiger partial charge in [-0.15, -0.1) is 23.1 Å². The third kappa shape index (κ3) is 2.92. The Balaban J connectivity index is 2.46. The summed E-state index contributed by atoms with van der Waals surface area (Å²) in [5, 5.41) is 2.07. The van der Waals surface area contributed by atoms with Crippen molar-refractivity contribution >= 4 is 39.9 Å². The van der Waals surface area contributed by atoms with Crippen LogP contribution in [-0.4, -0.2) is 12.0 Å². The normalized spacial score (nSPS) is 11.6. The monoisotopic (exact) mass is 274 g/mol. The van der Waals surface area contributed by atoms with Crippen LogP contribution in [0.4, 0.5) is 0 Å². The topological polar surface area (TPSA) is 17.1 Å². The van der Waals surface area contributed by atoms with Crippen LogP contribution in [0.15, 0.2) is 41.8 Å². The number of carbonyl (C=O) groups is 1. The highest BCUT2D eigenvalue weighted by Gasteiger charge is 2.07. The highest BCUT2D eigenvalue weighted by molar-refractivity contribution is 8.08. The van der Waals surface area contributed by atoms with Crippen molar-refractivity contribution in [3.05, 3.63) is 57.8 Å². The van der Waals surface area contributed by atoms with E-state index >= 15 is 0 Å². The van der Waals surface area contributed by atoms with E-state index in [1.54, 1.807) is 30.0 Å². The maximum atomic E-state index is 11.6. The van der Waals surface area contributed by atoms with Gasteiger partial charge in [0.25, 0.3) is 0 Å². The lowest BCUT2D eigenvalue weighted by molar-refractivity contribution is 0.101. The number of rotatable bonds is 4. The zero-order valence-electron chi connectivity index (χ0n) is 10.3. The first-order chi connectivity index (χ1) is 8.72. The zero-order valence-corrected chi connectivity index (χ0v) is 12.0. The molecule has 0 saturated carbocycles. The SMILES string of the molecule is CS/C(=C\c1ccccc1C(C)=O)c1cccs1. The molecule has 1 aromatic heterocycles. The molecule has 1 aromatic carbocycles. The summed E-state index contributed by atoms with van der Waals surface area (Å²) in [7, 11) is 0. The molecule has 0 spiro atoms. The van der Waals surface area contributed by atoms with Crippen LogP contribution >= 0.6 is 23.1 Å². The summed E-state index contributed by atoms with van der Waals surface area (Å²) < 4.78 is 0. The van der Waals surface area contributed by atoms with Crippen LogP contribution in [0.3, 0.4) is 0 Å². The lowest BCUT2D eigenvalue weighted by atomic mass is 10.0. The van der Waals surface area contributed by atoms with Crippen LogP contribution in [0, 0.1) is 0 Å². The first-order valence-electron chi connectivity index (χ1n) is 5.62. The molecule has 0 aliphatic rings. The highest BCUT2D eigenvalue weighted by atomic mass is 32.2. The lowest BCUT2D eigenvalue weighted by Crippen LogP contribution is -1.95. The van der Waals surface area contributed by atoms with Gasteiger partial charge < -0.3 is 0 Å². The number of carbonyl (C=O) groups excluding carboxylic acids is 1. The van der Waals surface area contributed by atoms with Crippen LogP contribution in [0.5, 0.6) is 0 Å². The number of hydrogen-bond acceptors (Lipinski definition) is 3. The second kappa shape index (κ2) is 6.03. The van der Waals surface area contributed by atoms with Crippen molar-refractivity contribution in [2.45, 2.75) is 6.92 Å². The maximum Gasteiger partial charge on any atom is 0.160 e. The van der Waals surface area contributed by atoms with Gasteiger partial charge in [0.1, 0.15) is 0 Å². The van der Waals surface area contributed by atoms with Crippen molar-refractivity contribution in [3.8, 4) is 0 Å². The average Bonchev–Trinajstić information content (AvgIpc) is 2.90. The van der Waals surface area contributed by atoms with Crippen LogP contribution in [0.2, 0.25) is 0 Å². The van der Waals surface area contributed by atoms with Gasteiger partial charge in [-0.05, 0) is 36.3 Å². The van der Waals surface area contributed by atoms with Gasteiger partial charge in [0.2, 0.25) is 0 Å². The summed E-state index contributed by atoms with van der Waals surface area (Å²) in [5.74, 6) is 0.105. The van der Waals surface area contributed by atoms with E-state index in [4.69, 9.17) is 0 Å². The molecule has 0 saturated heterocycles. The summed E-state index contributed by atoms with van der Waals surface area (Å²) in [5.41, 5.74) is 1.77. The van der Waals surface area contributed by atoms with Crippen molar-refractivity contribution in [2.24, 2.45) is 0 Å². The van der Waals surface area contributed by atoms with E-state index < -0.39 is 0 Å². The molecule has 0 amide bonds. The first kappa shape index (κ1) is 13.1. The fourth-order valence-corrected chi connectivity index (χ4v) is 3.28.